The fourth-order valence-electron chi connectivity index (χ4n) is 1.40. The van der Waals surface area contributed by atoms with Crippen molar-refractivity contribution >= 4 is 15.9 Å². The smallest absolute Gasteiger partial charge is 0.298 e. The molecule has 90 valence electrons. The molecule has 1 aromatic rings. The van der Waals surface area contributed by atoms with Crippen LogP contribution in [-0.2, 0) is 16.8 Å². The summed E-state index contributed by atoms with van der Waals surface area (Å²) in [6, 6.07) is 7.01. The molecule has 0 aromatic heterocycles. The van der Waals surface area contributed by atoms with E-state index in [2.05, 4.69) is 0 Å². The highest BCUT2D eigenvalue weighted by Gasteiger charge is 2.16. The molecule has 16 heavy (non-hydrogen) atoms. The summed E-state index contributed by atoms with van der Waals surface area (Å²) < 4.78 is 23.9. The van der Waals surface area contributed by atoms with Crippen LogP contribution in [0.3, 0.4) is 0 Å². The zero-order valence-corrected chi connectivity index (χ0v) is 10.1. The van der Waals surface area contributed by atoms with Crippen molar-refractivity contribution < 1.29 is 8.42 Å². The van der Waals surface area contributed by atoms with Crippen LogP contribution in [0.25, 0.3) is 0 Å². The van der Waals surface area contributed by atoms with E-state index in [1.54, 1.807) is 24.3 Å². The zero-order chi connectivity index (χ0) is 12.2. The first kappa shape index (κ1) is 13.0. The van der Waals surface area contributed by atoms with Gasteiger partial charge >= 0.3 is 0 Å². The minimum absolute atomic E-state index is 0.376. The molecule has 0 aliphatic rings. The Hall–Kier alpha value is -1.11. The first-order valence-electron chi connectivity index (χ1n) is 5.08. The molecule has 1 aromatic carbocycles. The summed E-state index contributed by atoms with van der Waals surface area (Å²) in [6.07, 6.45) is 0.703. The number of hydrogen-bond donors (Lipinski definition) is 2. The van der Waals surface area contributed by atoms with E-state index in [-0.39, 0.29) is 0 Å². The SMILES string of the molecule is CCCN(c1ccc(CN)cc1)S(N)(=O)=O. The summed E-state index contributed by atoms with van der Waals surface area (Å²) >= 11 is 0. The molecule has 0 aliphatic heterocycles. The van der Waals surface area contributed by atoms with Crippen molar-refractivity contribution in [2.24, 2.45) is 10.9 Å². The summed E-state index contributed by atoms with van der Waals surface area (Å²) in [5, 5.41) is 5.14. The molecule has 0 aliphatic carbocycles. The largest absolute Gasteiger partial charge is 0.326 e. The fraction of sp³-hybridized carbons (Fsp3) is 0.400. The molecular weight excluding hydrogens is 226 g/mol. The summed E-state index contributed by atoms with van der Waals surface area (Å²) in [5.41, 5.74) is 6.99. The molecule has 6 heteroatoms. The van der Waals surface area contributed by atoms with Crippen LogP contribution in [0, 0.1) is 0 Å². The second-order valence-corrected chi connectivity index (χ2v) is 4.96. The summed E-state index contributed by atoms with van der Waals surface area (Å²) in [5.74, 6) is 0. The predicted molar refractivity (Wildman–Crippen MR) is 65.1 cm³/mol. The molecule has 0 saturated carbocycles. The maximum absolute atomic E-state index is 11.4. The van der Waals surface area contributed by atoms with Gasteiger partial charge in [-0.05, 0) is 24.1 Å². The van der Waals surface area contributed by atoms with E-state index in [9.17, 15) is 8.42 Å². The van der Waals surface area contributed by atoms with Crippen LogP contribution in [0.4, 0.5) is 5.69 Å². The monoisotopic (exact) mass is 243 g/mol. The average Bonchev–Trinajstić information content (AvgIpc) is 2.25. The highest BCUT2D eigenvalue weighted by atomic mass is 32.2. The molecule has 0 bridgehead atoms. The maximum Gasteiger partial charge on any atom is 0.298 e. The van der Waals surface area contributed by atoms with E-state index in [1.807, 2.05) is 6.92 Å². The van der Waals surface area contributed by atoms with Gasteiger partial charge in [0, 0.05) is 13.1 Å². The molecule has 0 saturated heterocycles. The number of nitrogens with two attached hydrogens (primary N) is 2. The van der Waals surface area contributed by atoms with E-state index in [4.69, 9.17) is 10.9 Å². The van der Waals surface area contributed by atoms with E-state index < -0.39 is 10.2 Å². The highest BCUT2D eigenvalue weighted by Crippen LogP contribution is 2.17. The number of rotatable bonds is 5. The van der Waals surface area contributed by atoms with E-state index in [0.717, 1.165) is 5.56 Å². The van der Waals surface area contributed by atoms with Gasteiger partial charge in [-0.25, -0.2) is 5.14 Å². The van der Waals surface area contributed by atoms with Crippen molar-refractivity contribution in [3.05, 3.63) is 29.8 Å². The van der Waals surface area contributed by atoms with Crippen LogP contribution in [0.1, 0.15) is 18.9 Å². The molecule has 4 N–H and O–H groups in total. The lowest BCUT2D eigenvalue weighted by Crippen LogP contribution is -2.37. The van der Waals surface area contributed by atoms with Crippen molar-refractivity contribution in [1.29, 1.82) is 0 Å². The van der Waals surface area contributed by atoms with Crippen LogP contribution in [0.2, 0.25) is 0 Å². The molecule has 0 spiro atoms. The Morgan fingerprint density at radius 3 is 2.19 bits per heavy atom. The Morgan fingerprint density at radius 1 is 1.25 bits per heavy atom. The molecule has 0 heterocycles. The second-order valence-electron chi connectivity index (χ2n) is 3.49. The van der Waals surface area contributed by atoms with Gasteiger partial charge in [-0.3, -0.25) is 4.31 Å². The van der Waals surface area contributed by atoms with E-state index >= 15 is 0 Å². The van der Waals surface area contributed by atoms with Crippen molar-refractivity contribution in [3.63, 3.8) is 0 Å². The normalized spacial score (nSPS) is 11.4. The minimum atomic E-state index is -3.70. The Balaban J connectivity index is 3.02. The Kier molecular flexibility index (Phi) is 4.28. The van der Waals surface area contributed by atoms with Gasteiger partial charge in [0.25, 0.3) is 10.2 Å². The molecule has 0 fully saturated rings. The Morgan fingerprint density at radius 2 is 1.81 bits per heavy atom. The summed E-state index contributed by atoms with van der Waals surface area (Å²) in [7, 11) is -3.70. The standard InChI is InChI=1S/C10H17N3O2S/c1-2-7-13(16(12,14)15)10-5-3-9(8-11)4-6-10/h3-6H,2,7-8,11H2,1H3,(H2,12,14,15). The molecule has 1 rings (SSSR count). The quantitative estimate of drug-likeness (QED) is 0.792. The van der Waals surface area contributed by atoms with Crippen molar-refractivity contribution in [2.45, 2.75) is 19.9 Å². The molecule has 0 radical (unpaired) electrons. The maximum atomic E-state index is 11.4. The van der Waals surface area contributed by atoms with Crippen LogP contribution in [0.15, 0.2) is 24.3 Å². The van der Waals surface area contributed by atoms with Crippen LogP contribution >= 0.6 is 0 Å². The van der Waals surface area contributed by atoms with Gasteiger partial charge in [-0.1, -0.05) is 19.1 Å². The number of benzene rings is 1. The van der Waals surface area contributed by atoms with Gasteiger partial charge in [-0.15, -0.1) is 0 Å². The molecule has 5 nitrogen and oxygen atoms in total. The van der Waals surface area contributed by atoms with Crippen LogP contribution in [0.5, 0.6) is 0 Å². The topological polar surface area (TPSA) is 89.4 Å². The predicted octanol–water partition coefficient (Wildman–Crippen LogP) is 0.565. The van der Waals surface area contributed by atoms with Crippen LogP contribution < -0.4 is 15.2 Å². The van der Waals surface area contributed by atoms with Crippen LogP contribution in [-0.4, -0.2) is 15.0 Å². The minimum Gasteiger partial charge on any atom is -0.326 e. The highest BCUT2D eigenvalue weighted by molar-refractivity contribution is 7.90. The van der Waals surface area contributed by atoms with E-state index in [0.29, 0.717) is 25.2 Å². The lowest BCUT2D eigenvalue weighted by atomic mass is 10.2. The number of anilines is 1. The Labute approximate surface area is 96.2 Å². The average molecular weight is 243 g/mol. The zero-order valence-electron chi connectivity index (χ0n) is 9.26. The third-order valence-electron chi connectivity index (χ3n) is 2.19. The Bertz CT molecular complexity index is 428. The lowest BCUT2D eigenvalue weighted by molar-refractivity contribution is 0.592. The van der Waals surface area contributed by atoms with Gasteiger partial charge < -0.3 is 5.73 Å². The van der Waals surface area contributed by atoms with Crippen molar-refractivity contribution in [2.75, 3.05) is 10.8 Å². The summed E-state index contributed by atoms with van der Waals surface area (Å²) in [4.78, 5) is 0. The third-order valence-corrected chi connectivity index (χ3v) is 3.20. The molecule has 0 unspecified atom stereocenters. The summed E-state index contributed by atoms with van der Waals surface area (Å²) in [6.45, 7) is 2.71. The van der Waals surface area contributed by atoms with Crippen molar-refractivity contribution in [3.8, 4) is 0 Å². The molecule has 0 amide bonds. The number of nitrogens with zero attached hydrogens (tertiary/aromatic N) is 1. The second kappa shape index (κ2) is 5.29. The third kappa shape index (κ3) is 3.19. The van der Waals surface area contributed by atoms with Gasteiger partial charge in [0.1, 0.15) is 0 Å². The van der Waals surface area contributed by atoms with E-state index in [1.165, 1.54) is 4.31 Å². The number of hydrogen-bond acceptors (Lipinski definition) is 3. The van der Waals surface area contributed by atoms with Gasteiger partial charge in [0.15, 0.2) is 0 Å². The van der Waals surface area contributed by atoms with Gasteiger partial charge in [0.2, 0.25) is 0 Å². The van der Waals surface area contributed by atoms with Crippen molar-refractivity contribution in [1.82, 2.24) is 0 Å². The van der Waals surface area contributed by atoms with Gasteiger partial charge in [0.05, 0.1) is 5.69 Å². The lowest BCUT2D eigenvalue weighted by Gasteiger charge is -2.21. The first-order chi connectivity index (χ1) is 7.49. The fourth-order valence-corrected chi connectivity index (χ4v) is 2.26. The molecular formula is C10H17N3O2S. The molecule has 0 atom stereocenters. The first-order valence-corrected chi connectivity index (χ1v) is 6.58. The van der Waals surface area contributed by atoms with Gasteiger partial charge in [-0.2, -0.15) is 8.42 Å².